The third-order valence-corrected chi connectivity index (χ3v) is 4.23. The molecule has 17 heavy (non-hydrogen) atoms. The SMILES string of the molecule is Cc1cc2c(cc1C)N(C)Cc1cscc1N2. The normalized spacial score (nSPS) is 13.7. The van der Waals surface area contributed by atoms with Crippen molar-refractivity contribution in [3.63, 3.8) is 0 Å². The summed E-state index contributed by atoms with van der Waals surface area (Å²) in [7, 11) is 2.15. The summed E-state index contributed by atoms with van der Waals surface area (Å²) < 4.78 is 0. The zero-order chi connectivity index (χ0) is 12.0. The first-order valence-corrected chi connectivity index (χ1v) is 6.74. The number of rotatable bonds is 0. The fraction of sp³-hybridized carbons (Fsp3) is 0.286. The highest BCUT2D eigenvalue weighted by atomic mass is 32.1. The molecule has 1 aliphatic heterocycles. The van der Waals surface area contributed by atoms with Gasteiger partial charge in [-0.2, -0.15) is 0 Å². The Labute approximate surface area is 106 Å². The Morgan fingerprint density at radius 1 is 1.12 bits per heavy atom. The van der Waals surface area contributed by atoms with E-state index in [2.05, 4.69) is 54.0 Å². The minimum Gasteiger partial charge on any atom is -0.368 e. The Hall–Kier alpha value is -1.48. The Kier molecular flexibility index (Phi) is 2.37. The maximum Gasteiger partial charge on any atom is 0.0625 e. The maximum atomic E-state index is 3.55. The molecule has 0 aliphatic carbocycles. The van der Waals surface area contributed by atoms with Gasteiger partial charge in [-0.25, -0.2) is 0 Å². The Bertz CT molecular complexity index is 572. The first kappa shape index (κ1) is 10.7. The standard InChI is InChI=1S/C14H16N2S/c1-9-4-12-14(5-10(9)2)16(3)6-11-7-17-8-13(11)15-12/h4-5,7-8,15H,6H2,1-3H3. The van der Waals surface area contributed by atoms with Crippen molar-refractivity contribution < 1.29 is 0 Å². The molecule has 3 rings (SSSR count). The quantitative estimate of drug-likeness (QED) is 0.752. The van der Waals surface area contributed by atoms with Crippen LogP contribution in [-0.2, 0) is 6.54 Å². The lowest BCUT2D eigenvalue weighted by molar-refractivity contribution is 0.937. The summed E-state index contributed by atoms with van der Waals surface area (Å²) in [4.78, 5) is 2.31. The first-order valence-electron chi connectivity index (χ1n) is 5.79. The van der Waals surface area contributed by atoms with E-state index in [0.29, 0.717) is 0 Å². The van der Waals surface area contributed by atoms with Gasteiger partial charge in [-0.1, -0.05) is 0 Å². The molecule has 0 amide bonds. The molecule has 2 heterocycles. The Morgan fingerprint density at radius 3 is 2.71 bits per heavy atom. The molecule has 2 nitrogen and oxygen atoms in total. The van der Waals surface area contributed by atoms with Crippen LogP contribution in [0.4, 0.5) is 17.1 Å². The van der Waals surface area contributed by atoms with Gasteiger partial charge in [0.2, 0.25) is 0 Å². The monoisotopic (exact) mass is 244 g/mol. The number of nitrogens with one attached hydrogen (secondary N) is 1. The first-order chi connectivity index (χ1) is 8.15. The number of aryl methyl sites for hydroxylation is 2. The van der Waals surface area contributed by atoms with Crippen LogP contribution in [0.1, 0.15) is 16.7 Å². The third kappa shape index (κ3) is 1.71. The Morgan fingerprint density at radius 2 is 1.88 bits per heavy atom. The van der Waals surface area contributed by atoms with Crippen LogP contribution in [0.5, 0.6) is 0 Å². The van der Waals surface area contributed by atoms with Gasteiger partial charge in [0, 0.05) is 24.5 Å². The number of hydrogen-bond donors (Lipinski definition) is 1. The van der Waals surface area contributed by atoms with Crippen LogP contribution in [0, 0.1) is 13.8 Å². The van der Waals surface area contributed by atoms with Crippen LogP contribution in [0.2, 0.25) is 0 Å². The number of thiophene rings is 1. The van der Waals surface area contributed by atoms with Gasteiger partial charge in [0.25, 0.3) is 0 Å². The molecule has 2 aromatic rings. The second-order valence-corrected chi connectivity index (χ2v) is 5.49. The number of hydrogen-bond acceptors (Lipinski definition) is 3. The molecule has 1 aromatic carbocycles. The molecule has 1 aliphatic rings. The third-order valence-electron chi connectivity index (χ3n) is 3.44. The minimum atomic E-state index is 0.974. The summed E-state index contributed by atoms with van der Waals surface area (Å²) in [6.45, 7) is 5.31. The molecule has 0 bridgehead atoms. The second-order valence-electron chi connectivity index (χ2n) is 4.75. The summed E-state index contributed by atoms with van der Waals surface area (Å²) >= 11 is 1.76. The molecule has 0 fully saturated rings. The predicted octanol–water partition coefficient (Wildman–Crippen LogP) is 4.06. The molecule has 0 radical (unpaired) electrons. The van der Waals surface area contributed by atoms with E-state index < -0.39 is 0 Å². The van der Waals surface area contributed by atoms with Crippen molar-refractivity contribution in [2.24, 2.45) is 0 Å². The van der Waals surface area contributed by atoms with Crippen LogP contribution in [-0.4, -0.2) is 7.05 Å². The fourth-order valence-corrected chi connectivity index (χ4v) is 3.04. The van der Waals surface area contributed by atoms with E-state index in [-0.39, 0.29) is 0 Å². The van der Waals surface area contributed by atoms with Crippen molar-refractivity contribution in [2.45, 2.75) is 20.4 Å². The van der Waals surface area contributed by atoms with Crippen molar-refractivity contribution in [1.82, 2.24) is 0 Å². The number of benzene rings is 1. The molecule has 0 spiro atoms. The lowest BCUT2D eigenvalue weighted by atomic mass is 10.1. The smallest absolute Gasteiger partial charge is 0.0625 e. The van der Waals surface area contributed by atoms with Crippen molar-refractivity contribution >= 4 is 28.4 Å². The lowest BCUT2D eigenvalue weighted by Gasteiger charge is -2.20. The van der Waals surface area contributed by atoms with Gasteiger partial charge in [-0.15, -0.1) is 11.3 Å². The molecular weight excluding hydrogens is 228 g/mol. The van der Waals surface area contributed by atoms with E-state index in [4.69, 9.17) is 0 Å². The van der Waals surface area contributed by atoms with Gasteiger partial charge in [0.1, 0.15) is 0 Å². The van der Waals surface area contributed by atoms with Gasteiger partial charge in [-0.3, -0.25) is 0 Å². The molecule has 0 saturated carbocycles. The average molecular weight is 244 g/mol. The van der Waals surface area contributed by atoms with Gasteiger partial charge in [0.05, 0.1) is 17.1 Å². The lowest BCUT2D eigenvalue weighted by Crippen LogP contribution is -2.15. The molecule has 3 heteroatoms. The molecule has 0 atom stereocenters. The fourth-order valence-electron chi connectivity index (χ4n) is 2.26. The molecule has 0 unspecified atom stereocenters. The molecule has 0 saturated heterocycles. The number of nitrogens with zero attached hydrogens (tertiary/aromatic N) is 1. The van der Waals surface area contributed by atoms with Crippen LogP contribution < -0.4 is 10.2 Å². The molecule has 1 aromatic heterocycles. The summed E-state index contributed by atoms with van der Waals surface area (Å²) in [5.74, 6) is 0. The summed E-state index contributed by atoms with van der Waals surface area (Å²) in [6, 6.07) is 4.51. The minimum absolute atomic E-state index is 0.974. The van der Waals surface area contributed by atoms with E-state index in [0.717, 1.165) is 6.54 Å². The van der Waals surface area contributed by atoms with Crippen LogP contribution in [0.3, 0.4) is 0 Å². The number of fused-ring (bicyclic) bond motifs is 2. The summed E-state index contributed by atoms with van der Waals surface area (Å²) in [6.07, 6.45) is 0. The highest BCUT2D eigenvalue weighted by Gasteiger charge is 2.17. The van der Waals surface area contributed by atoms with Crippen LogP contribution >= 0.6 is 11.3 Å². The van der Waals surface area contributed by atoms with Crippen molar-refractivity contribution in [3.8, 4) is 0 Å². The summed E-state index contributed by atoms with van der Waals surface area (Å²) in [5.41, 5.74) is 7.82. The van der Waals surface area contributed by atoms with E-state index >= 15 is 0 Å². The molecule has 1 N–H and O–H groups in total. The molecular formula is C14H16N2S. The van der Waals surface area contributed by atoms with Gasteiger partial charge < -0.3 is 10.2 Å². The van der Waals surface area contributed by atoms with E-state index in [1.807, 2.05) is 0 Å². The summed E-state index contributed by atoms with van der Waals surface area (Å²) in [5, 5.41) is 7.96. The van der Waals surface area contributed by atoms with E-state index in [1.54, 1.807) is 11.3 Å². The largest absolute Gasteiger partial charge is 0.368 e. The number of anilines is 3. The highest BCUT2D eigenvalue weighted by Crippen LogP contribution is 2.37. The van der Waals surface area contributed by atoms with Crippen molar-refractivity contribution in [2.75, 3.05) is 17.3 Å². The van der Waals surface area contributed by atoms with E-state index in [9.17, 15) is 0 Å². The zero-order valence-electron chi connectivity index (χ0n) is 10.4. The predicted molar refractivity (Wildman–Crippen MR) is 75.6 cm³/mol. The van der Waals surface area contributed by atoms with Gasteiger partial charge in [-0.05, 0) is 42.5 Å². The maximum absolute atomic E-state index is 3.55. The highest BCUT2D eigenvalue weighted by molar-refractivity contribution is 7.08. The van der Waals surface area contributed by atoms with E-state index in [1.165, 1.54) is 33.8 Å². The zero-order valence-corrected chi connectivity index (χ0v) is 11.2. The average Bonchev–Trinajstić information content (AvgIpc) is 2.66. The molecule has 88 valence electrons. The van der Waals surface area contributed by atoms with Crippen molar-refractivity contribution in [1.29, 1.82) is 0 Å². The van der Waals surface area contributed by atoms with Crippen LogP contribution in [0.15, 0.2) is 22.9 Å². The Balaban J connectivity index is 2.16. The van der Waals surface area contributed by atoms with Crippen LogP contribution in [0.25, 0.3) is 0 Å². The topological polar surface area (TPSA) is 15.3 Å². The van der Waals surface area contributed by atoms with Gasteiger partial charge >= 0.3 is 0 Å². The van der Waals surface area contributed by atoms with Crippen molar-refractivity contribution in [3.05, 3.63) is 39.6 Å². The van der Waals surface area contributed by atoms with Gasteiger partial charge in [0.15, 0.2) is 0 Å². The second kappa shape index (κ2) is 3.77.